The third-order valence-corrected chi connectivity index (χ3v) is 6.32. The summed E-state index contributed by atoms with van der Waals surface area (Å²) in [4.78, 5) is 12.9. The average molecular weight is 504 g/mol. The standard InChI is InChI=1S/C26H22FN5O3S/c1-5-15(2)31-32-12-21(29-16(32)3)24-10-20-22(8-19(33-4)9-23(20)35-24)34-13-18-14-36-26(30-18)17-6-7-25(27)28-11-17/h5-12,14H,1,13H2,2-4H3/b31-15-. The molecule has 0 radical (unpaired) electrons. The molecule has 0 atom stereocenters. The normalized spacial score (nSPS) is 11.7. The van der Waals surface area contributed by atoms with Gasteiger partial charge < -0.3 is 13.9 Å². The second-order valence-electron chi connectivity index (χ2n) is 7.91. The first kappa shape index (κ1) is 23.4. The number of halogens is 1. The molecule has 1 aromatic carbocycles. The Morgan fingerprint density at radius 1 is 1.28 bits per heavy atom. The Bertz CT molecular complexity index is 1580. The SMILES string of the molecule is C=C/C(C)=N\n1cc(-c2cc3c(OCc4csc(-c5ccc(F)nc5)n4)cc(OC)cc3o2)nc1C. The minimum absolute atomic E-state index is 0.233. The summed E-state index contributed by atoms with van der Waals surface area (Å²) in [5, 5.41) is 7.87. The number of ether oxygens (including phenoxy) is 2. The third kappa shape index (κ3) is 4.76. The molecule has 10 heteroatoms. The van der Waals surface area contributed by atoms with Crippen molar-refractivity contribution >= 4 is 28.0 Å². The summed E-state index contributed by atoms with van der Waals surface area (Å²) in [6, 6.07) is 8.46. The predicted molar refractivity (Wildman–Crippen MR) is 137 cm³/mol. The number of pyridine rings is 1. The highest BCUT2D eigenvalue weighted by Crippen LogP contribution is 2.37. The van der Waals surface area contributed by atoms with Crippen LogP contribution < -0.4 is 9.47 Å². The number of nitrogens with zero attached hydrogens (tertiary/aromatic N) is 5. The van der Waals surface area contributed by atoms with Crippen LogP contribution in [0.4, 0.5) is 4.39 Å². The van der Waals surface area contributed by atoms with Crippen LogP contribution in [-0.2, 0) is 6.61 Å². The van der Waals surface area contributed by atoms with Gasteiger partial charge in [-0.2, -0.15) is 9.49 Å². The van der Waals surface area contributed by atoms with E-state index in [1.165, 1.54) is 23.6 Å². The van der Waals surface area contributed by atoms with Crippen molar-refractivity contribution in [3.8, 4) is 33.5 Å². The molecule has 5 rings (SSSR count). The number of allylic oxidation sites excluding steroid dienone is 1. The second kappa shape index (κ2) is 9.74. The molecule has 0 saturated heterocycles. The van der Waals surface area contributed by atoms with Gasteiger partial charge in [-0.25, -0.2) is 19.6 Å². The summed E-state index contributed by atoms with van der Waals surface area (Å²) in [7, 11) is 1.59. The molecule has 0 bridgehead atoms. The summed E-state index contributed by atoms with van der Waals surface area (Å²) in [6.07, 6.45) is 4.95. The van der Waals surface area contributed by atoms with Gasteiger partial charge in [-0.15, -0.1) is 11.3 Å². The van der Waals surface area contributed by atoms with Gasteiger partial charge in [0.15, 0.2) is 5.76 Å². The number of aromatic nitrogens is 4. The van der Waals surface area contributed by atoms with Crippen molar-refractivity contribution in [3.63, 3.8) is 0 Å². The first-order valence-electron chi connectivity index (χ1n) is 11.0. The third-order valence-electron chi connectivity index (χ3n) is 5.38. The van der Waals surface area contributed by atoms with Crippen molar-refractivity contribution in [2.75, 3.05) is 7.11 Å². The van der Waals surface area contributed by atoms with Crippen LogP contribution in [0.5, 0.6) is 11.5 Å². The van der Waals surface area contributed by atoms with Crippen LogP contribution in [0.1, 0.15) is 18.4 Å². The van der Waals surface area contributed by atoms with E-state index >= 15 is 0 Å². The maximum atomic E-state index is 13.1. The van der Waals surface area contributed by atoms with Gasteiger partial charge in [0.1, 0.15) is 40.2 Å². The maximum Gasteiger partial charge on any atom is 0.212 e. The van der Waals surface area contributed by atoms with Crippen molar-refractivity contribution in [2.45, 2.75) is 20.5 Å². The second-order valence-corrected chi connectivity index (χ2v) is 8.77. The lowest BCUT2D eigenvalue weighted by Crippen LogP contribution is -1.97. The monoisotopic (exact) mass is 503 g/mol. The van der Waals surface area contributed by atoms with Gasteiger partial charge in [0, 0.05) is 29.3 Å². The van der Waals surface area contributed by atoms with Gasteiger partial charge >= 0.3 is 0 Å². The zero-order valence-corrected chi connectivity index (χ0v) is 20.7. The van der Waals surface area contributed by atoms with Crippen molar-refractivity contribution in [1.82, 2.24) is 19.6 Å². The zero-order valence-electron chi connectivity index (χ0n) is 19.9. The lowest BCUT2D eigenvalue weighted by atomic mass is 10.2. The maximum absolute atomic E-state index is 13.1. The number of furan rings is 1. The zero-order chi connectivity index (χ0) is 25.2. The first-order valence-corrected chi connectivity index (χ1v) is 11.9. The highest BCUT2D eigenvalue weighted by Gasteiger charge is 2.17. The number of aryl methyl sites for hydroxylation is 1. The molecule has 4 heterocycles. The van der Waals surface area contributed by atoms with Gasteiger partial charge in [0.05, 0.1) is 30.1 Å². The Morgan fingerprint density at radius 2 is 2.14 bits per heavy atom. The van der Waals surface area contributed by atoms with E-state index in [1.54, 1.807) is 42.3 Å². The molecule has 0 spiro atoms. The highest BCUT2D eigenvalue weighted by atomic mass is 32.1. The largest absolute Gasteiger partial charge is 0.496 e. The molecule has 0 fully saturated rings. The van der Waals surface area contributed by atoms with Crippen molar-refractivity contribution in [1.29, 1.82) is 0 Å². The summed E-state index contributed by atoms with van der Waals surface area (Å²) < 4.78 is 32.5. The van der Waals surface area contributed by atoms with Crippen LogP contribution in [0.3, 0.4) is 0 Å². The summed E-state index contributed by atoms with van der Waals surface area (Å²) in [5.74, 6) is 1.96. The van der Waals surface area contributed by atoms with Crippen LogP contribution in [-0.4, -0.2) is 32.4 Å². The van der Waals surface area contributed by atoms with Gasteiger partial charge in [-0.3, -0.25) is 0 Å². The van der Waals surface area contributed by atoms with Crippen molar-refractivity contribution in [3.05, 3.63) is 78.2 Å². The summed E-state index contributed by atoms with van der Waals surface area (Å²) in [5.41, 5.74) is 3.51. The van der Waals surface area contributed by atoms with Crippen LogP contribution in [0.25, 0.3) is 33.0 Å². The fourth-order valence-electron chi connectivity index (χ4n) is 3.50. The number of rotatable bonds is 8. The van der Waals surface area contributed by atoms with E-state index in [2.05, 4.69) is 26.6 Å². The van der Waals surface area contributed by atoms with E-state index in [9.17, 15) is 4.39 Å². The summed E-state index contributed by atoms with van der Waals surface area (Å²) >= 11 is 1.44. The van der Waals surface area contributed by atoms with E-state index in [0.717, 1.165) is 33.2 Å². The number of fused-ring (bicyclic) bond motifs is 1. The molecule has 0 aliphatic heterocycles. The Balaban J connectivity index is 1.43. The number of hydrogen-bond donors (Lipinski definition) is 0. The predicted octanol–water partition coefficient (Wildman–Crippen LogP) is 6.26. The molecule has 0 aliphatic rings. The molecule has 0 unspecified atom stereocenters. The van der Waals surface area contributed by atoms with E-state index in [0.29, 0.717) is 28.5 Å². The summed E-state index contributed by atoms with van der Waals surface area (Å²) in [6.45, 7) is 7.70. The van der Waals surface area contributed by atoms with Gasteiger partial charge in [0.25, 0.3) is 0 Å². The van der Waals surface area contributed by atoms with Crippen LogP contribution >= 0.6 is 11.3 Å². The number of thiazole rings is 1. The Kier molecular flexibility index (Phi) is 6.34. The number of hydrogen-bond acceptors (Lipinski definition) is 8. The molecule has 5 aromatic rings. The fourth-order valence-corrected chi connectivity index (χ4v) is 4.30. The molecule has 0 saturated carbocycles. The Hall–Kier alpha value is -4.31. The van der Waals surface area contributed by atoms with Gasteiger partial charge in [-0.05, 0) is 38.1 Å². The van der Waals surface area contributed by atoms with E-state index < -0.39 is 5.95 Å². The van der Waals surface area contributed by atoms with Crippen molar-refractivity contribution in [2.24, 2.45) is 5.10 Å². The minimum atomic E-state index is -0.526. The van der Waals surface area contributed by atoms with Gasteiger partial charge in [-0.1, -0.05) is 6.58 Å². The molecule has 0 aliphatic carbocycles. The fraction of sp³-hybridized carbons (Fsp3) is 0.154. The molecule has 0 amide bonds. The number of benzene rings is 1. The number of methoxy groups -OCH3 is 1. The molecule has 4 aromatic heterocycles. The topological polar surface area (TPSA) is 87.6 Å². The van der Waals surface area contributed by atoms with Gasteiger partial charge in [0.2, 0.25) is 5.95 Å². The first-order chi connectivity index (χ1) is 17.4. The number of imidazole rings is 1. The lowest BCUT2D eigenvalue weighted by Gasteiger charge is -2.07. The molecule has 36 heavy (non-hydrogen) atoms. The minimum Gasteiger partial charge on any atom is -0.496 e. The molecule has 8 nitrogen and oxygen atoms in total. The van der Waals surface area contributed by atoms with Crippen molar-refractivity contribution < 1.29 is 18.3 Å². The highest BCUT2D eigenvalue weighted by molar-refractivity contribution is 7.13. The quantitative estimate of drug-likeness (QED) is 0.183. The van der Waals surface area contributed by atoms with Crippen LogP contribution in [0.2, 0.25) is 0 Å². The Labute approximate surface area is 210 Å². The smallest absolute Gasteiger partial charge is 0.212 e. The van der Waals surface area contributed by atoms with Crippen LogP contribution in [0.15, 0.2) is 70.3 Å². The van der Waals surface area contributed by atoms with E-state index in [-0.39, 0.29) is 6.61 Å². The Morgan fingerprint density at radius 3 is 2.89 bits per heavy atom. The van der Waals surface area contributed by atoms with E-state index in [1.807, 2.05) is 25.3 Å². The molecular weight excluding hydrogens is 481 g/mol. The molecule has 0 N–H and O–H groups in total. The van der Waals surface area contributed by atoms with E-state index in [4.69, 9.17) is 13.9 Å². The average Bonchev–Trinajstić information content (AvgIpc) is 3.61. The lowest BCUT2D eigenvalue weighted by molar-refractivity contribution is 0.303. The molecule has 182 valence electrons. The molecular formula is C26H22FN5O3S. The van der Waals surface area contributed by atoms with Crippen LogP contribution in [0, 0.1) is 12.9 Å².